The Kier molecular flexibility index (Phi) is 6.19. The van der Waals surface area contributed by atoms with Gasteiger partial charge in [0, 0.05) is 44.5 Å². The summed E-state index contributed by atoms with van der Waals surface area (Å²) in [6.07, 6.45) is 7.63. The van der Waals surface area contributed by atoms with Gasteiger partial charge in [0.15, 0.2) is 0 Å². The van der Waals surface area contributed by atoms with Gasteiger partial charge in [-0.1, -0.05) is 12.8 Å². The lowest BCUT2D eigenvalue weighted by Crippen LogP contribution is -2.47. The van der Waals surface area contributed by atoms with Crippen molar-refractivity contribution in [3.8, 4) is 0 Å². The van der Waals surface area contributed by atoms with Gasteiger partial charge in [-0.3, -0.25) is 14.4 Å². The van der Waals surface area contributed by atoms with E-state index in [0.29, 0.717) is 44.0 Å². The van der Waals surface area contributed by atoms with Gasteiger partial charge in [0.1, 0.15) is 6.04 Å². The maximum atomic E-state index is 12.9. The highest BCUT2D eigenvalue weighted by molar-refractivity contribution is 5.94. The molecule has 0 bridgehead atoms. The molecule has 1 aromatic rings. The molecule has 148 valence electrons. The number of likely N-dealkylation sites (tertiary alicyclic amines) is 1. The molecule has 0 spiro atoms. The van der Waals surface area contributed by atoms with E-state index < -0.39 is 6.04 Å². The molecule has 0 unspecified atom stereocenters. The first kappa shape index (κ1) is 19.5. The van der Waals surface area contributed by atoms with E-state index >= 15 is 0 Å². The first-order valence-corrected chi connectivity index (χ1v) is 10.0. The minimum absolute atomic E-state index is 0.0156. The van der Waals surface area contributed by atoms with Crippen LogP contribution < -0.4 is 5.32 Å². The third-order valence-electron chi connectivity index (χ3n) is 5.64. The van der Waals surface area contributed by atoms with E-state index in [1.807, 2.05) is 13.8 Å². The highest BCUT2D eigenvalue weighted by Gasteiger charge is 2.41. The third-order valence-corrected chi connectivity index (χ3v) is 5.64. The monoisotopic (exact) mass is 374 g/mol. The SMILES string of the molecule is CCN(CC)C(=O)[C@@H]1C[C@@H](NC(=O)c2cc[nH]c2)CN1C(=O)CCC1CC1. The van der Waals surface area contributed by atoms with Gasteiger partial charge in [0.2, 0.25) is 11.8 Å². The molecule has 1 aliphatic carbocycles. The topological polar surface area (TPSA) is 85.5 Å². The molecular formula is C20H30N4O3. The fraction of sp³-hybridized carbons (Fsp3) is 0.650. The summed E-state index contributed by atoms with van der Waals surface area (Å²) in [6.45, 7) is 5.53. The number of H-pyrrole nitrogens is 1. The summed E-state index contributed by atoms with van der Waals surface area (Å²) < 4.78 is 0. The molecule has 27 heavy (non-hydrogen) atoms. The molecule has 1 saturated carbocycles. The molecule has 2 fully saturated rings. The predicted octanol–water partition coefficient (Wildman–Crippen LogP) is 1.77. The number of aromatic amines is 1. The van der Waals surface area contributed by atoms with Crippen molar-refractivity contribution >= 4 is 17.7 Å². The van der Waals surface area contributed by atoms with Crippen LogP contribution in [-0.2, 0) is 9.59 Å². The highest BCUT2D eigenvalue weighted by atomic mass is 16.2. The van der Waals surface area contributed by atoms with E-state index in [9.17, 15) is 14.4 Å². The predicted molar refractivity (Wildman–Crippen MR) is 102 cm³/mol. The standard InChI is InChI=1S/C20H30N4O3/c1-3-23(4-2)20(27)17-11-16(22-19(26)15-9-10-21-12-15)13-24(17)18(25)8-7-14-5-6-14/h9-10,12,14,16-17,21H,3-8,11,13H2,1-2H3,(H,22,26)/t16-,17+/m1/s1. The molecule has 2 heterocycles. The Hall–Kier alpha value is -2.31. The minimum atomic E-state index is -0.479. The second-order valence-electron chi connectivity index (χ2n) is 7.56. The van der Waals surface area contributed by atoms with Crippen LogP contribution in [0.5, 0.6) is 0 Å². The van der Waals surface area contributed by atoms with Crippen molar-refractivity contribution in [2.45, 2.75) is 58.0 Å². The Morgan fingerprint density at radius 1 is 1.26 bits per heavy atom. The van der Waals surface area contributed by atoms with E-state index in [1.165, 1.54) is 12.8 Å². The first-order chi connectivity index (χ1) is 13.0. The Labute approximate surface area is 160 Å². The molecule has 7 heteroatoms. The lowest BCUT2D eigenvalue weighted by atomic mass is 10.1. The maximum absolute atomic E-state index is 12.9. The van der Waals surface area contributed by atoms with Gasteiger partial charge in [-0.05, 0) is 38.7 Å². The highest BCUT2D eigenvalue weighted by Crippen LogP contribution is 2.34. The van der Waals surface area contributed by atoms with Crippen molar-refractivity contribution in [1.29, 1.82) is 0 Å². The summed E-state index contributed by atoms with van der Waals surface area (Å²) in [4.78, 5) is 44.4. The van der Waals surface area contributed by atoms with Gasteiger partial charge in [0.25, 0.3) is 5.91 Å². The number of aromatic nitrogens is 1. The number of carbonyl (C=O) groups is 3. The van der Waals surface area contributed by atoms with Crippen LogP contribution in [-0.4, -0.2) is 64.2 Å². The Balaban J connectivity index is 1.67. The van der Waals surface area contributed by atoms with Crippen molar-refractivity contribution in [1.82, 2.24) is 20.1 Å². The molecule has 1 saturated heterocycles. The molecule has 0 radical (unpaired) electrons. The van der Waals surface area contributed by atoms with Gasteiger partial charge < -0.3 is 20.1 Å². The minimum Gasteiger partial charge on any atom is -0.367 e. The van der Waals surface area contributed by atoms with Crippen LogP contribution in [0, 0.1) is 5.92 Å². The van der Waals surface area contributed by atoms with Gasteiger partial charge in [-0.25, -0.2) is 0 Å². The van der Waals surface area contributed by atoms with Crippen molar-refractivity contribution in [3.63, 3.8) is 0 Å². The van der Waals surface area contributed by atoms with E-state index in [1.54, 1.807) is 28.3 Å². The zero-order valence-electron chi connectivity index (χ0n) is 16.2. The molecule has 2 N–H and O–H groups in total. The van der Waals surface area contributed by atoms with Gasteiger partial charge in [0.05, 0.1) is 5.56 Å². The molecular weight excluding hydrogens is 344 g/mol. The number of nitrogens with zero attached hydrogens (tertiary/aromatic N) is 2. The van der Waals surface area contributed by atoms with Crippen LogP contribution in [0.25, 0.3) is 0 Å². The number of likely N-dealkylation sites (N-methyl/N-ethyl adjacent to an activating group) is 1. The van der Waals surface area contributed by atoms with E-state index in [-0.39, 0.29) is 23.8 Å². The summed E-state index contributed by atoms with van der Waals surface area (Å²) >= 11 is 0. The van der Waals surface area contributed by atoms with Crippen LogP contribution in [0.1, 0.15) is 56.3 Å². The van der Waals surface area contributed by atoms with Crippen molar-refractivity contribution in [3.05, 3.63) is 24.0 Å². The smallest absolute Gasteiger partial charge is 0.253 e. The van der Waals surface area contributed by atoms with Crippen molar-refractivity contribution < 1.29 is 14.4 Å². The van der Waals surface area contributed by atoms with Gasteiger partial charge in [-0.15, -0.1) is 0 Å². The number of carbonyl (C=O) groups excluding carboxylic acids is 3. The first-order valence-electron chi connectivity index (χ1n) is 10.0. The van der Waals surface area contributed by atoms with E-state index in [4.69, 9.17) is 0 Å². The second-order valence-corrected chi connectivity index (χ2v) is 7.56. The van der Waals surface area contributed by atoms with E-state index in [0.717, 1.165) is 6.42 Å². The van der Waals surface area contributed by atoms with E-state index in [2.05, 4.69) is 10.3 Å². The number of nitrogens with one attached hydrogen (secondary N) is 2. The van der Waals surface area contributed by atoms with Crippen LogP contribution >= 0.6 is 0 Å². The zero-order valence-corrected chi connectivity index (χ0v) is 16.2. The largest absolute Gasteiger partial charge is 0.367 e. The fourth-order valence-corrected chi connectivity index (χ4v) is 3.81. The van der Waals surface area contributed by atoms with Gasteiger partial charge in [-0.2, -0.15) is 0 Å². The van der Waals surface area contributed by atoms with Crippen molar-refractivity contribution in [2.24, 2.45) is 5.92 Å². The van der Waals surface area contributed by atoms with Gasteiger partial charge >= 0.3 is 0 Å². The summed E-state index contributed by atoms with van der Waals surface area (Å²) in [7, 11) is 0. The fourth-order valence-electron chi connectivity index (χ4n) is 3.81. The molecule has 7 nitrogen and oxygen atoms in total. The van der Waals surface area contributed by atoms with Crippen molar-refractivity contribution in [2.75, 3.05) is 19.6 Å². The lowest BCUT2D eigenvalue weighted by molar-refractivity contribution is -0.143. The molecule has 0 aromatic carbocycles. The van der Waals surface area contributed by atoms with Crippen LogP contribution in [0.15, 0.2) is 18.5 Å². The third kappa shape index (κ3) is 4.70. The Bertz CT molecular complexity index is 665. The molecule has 3 amide bonds. The lowest BCUT2D eigenvalue weighted by Gasteiger charge is -2.28. The number of rotatable bonds is 8. The van der Waals surface area contributed by atoms with Crippen LogP contribution in [0.4, 0.5) is 0 Å². The molecule has 3 rings (SSSR count). The zero-order chi connectivity index (χ0) is 19.4. The normalized spacial score (nSPS) is 21.9. The number of hydrogen-bond acceptors (Lipinski definition) is 3. The second kappa shape index (κ2) is 8.59. The summed E-state index contributed by atoms with van der Waals surface area (Å²) in [5.74, 6) is 0.518. The quantitative estimate of drug-likeness (QED) is 0.727. The number of hydrogen-bond donors (Lipinski definition) is 2. The Morgan fingerprint density at radius 2 is 2.00 bits per heavy atom. The average Bonchev–Trinajstić information content (AvgIpc) is 3.15. The van der Waals surface area contributed by atoms with Crippen LogP contribution in [0.3, 0.4) is 0 Å². The molecule has 2 atom stereocenters. The average molecular weight is 374 g/mol. The number of amides is 3. The summed E-state index contributed by atoms with van der Waals surface area (Å²) in [6, 6.07) is 1.02. The Morgan fingerprint density at radius 3 is 2.59 bits per heavy atom. The van der Waals surface area contributed by atoms with Crippen LogP contribution in [0.2, 0.25) is 0 Å². The molecule has 1 aromatic heterocycles. The molecule has 2 aliphatic rings. The summed E-state index contributed by atoms with van der Waals surface area (Å²) in [5.41, 5.74) is 0.556. The summed E-state index contributed by atoms with van der Waals surface area (Å²) in [5, 5.41) is 2.98. The molecule has 1 aliphatic heterocycles. The maximum Gasteiger partial charge on any atom is 0.253 e.